The Morgan fingerprint density at radius 3 is 2.53 bits per heavy atom. The van der Waals surface area contributed by atoms with Gasteiger partial charge < -0.3 is 0 Å². The van der Waals surface area contributed by atoms with Gasteiger partial charge in [0.05, 0.1) is 15.7 Å². The molecule has 0 unspecified atom stereocenters. The van der Waals surface area contributed by atoms with Gasteiger partial charge in [-0.05, 0) is 25.1 Å². The third kappa shape index (κ3) is 2.86. The van der Waals surface area contributed by atoms with Crippen LogP contribution < -0.4 is 16.5 Å². The smallest absolute Gasteiger partial charge is 0.290 e. The van der Waals surface area contributed by atoms with Crippen LogP contribution in [-0.4, -0.2) is 21.6 Å². The van der Waals surface area contributed by atoms with Gasteiger partial charge in [-0.2, -0.15) is 9.97 Å². The number of nitrogens with zero attached hydrogens (tertiary/aromatic N) is 3. The Morgan fingerprint density at radius 2 is 1.95 bits per heavy atom. The summed E-state index contributed by atoms with van der Waals surface area (Å²) in [5.41, 5.74) is 5.42. The van der Waals surface area contributed by atoms with Gasteiger partial charge in [0.25, 0.3) is 0 Å². The first-order chi connectivity index (χ1) is 9.02. The van der Waals surface area contributed by atoms with Gasteiger partial charge in [-0.25, -0.2) is 14.8 Å². The molecule has 0 fully saturated rings. The molecule has 1 aromatic heterocycles. The molecule has 0 bridgehead atoms. The molecule has 19 heavy (non-hydrogen) atoms. The molecule has 6 nitrogen and oxygen atoms in total. The summed E-state index contributed by atoms with van der Waals surface area (Å²) in [5.74, 6) is 0.692. The molecular weight excluding hydrogens is 289 g/mol. The standard InChI is InChI=1S/C11H11Cl2N5O/c1-6-15-10(17-14-2)16-11(19)18(6)7-3-4-8(12)9(13)5-7/h3-5,14H,1-2H3,(H,16,17,19). The van der Waals surface area contributed by atoms with E-state index < -0.39 is 5.69 Å². The number of rotatable bonds is 3. The number of hydrazine groups is 1. The van der Waals surface area contributed by atoms with E-state index in [1.165, 1.54) is 4.57 Å². The molecule has 0 aliphatic heterocycles. The normalized spacial score (nSPS) is 10.5. The summed E-state index contributed by atoms with van der Waals surface area (Å²) in [7, 11) is 1.66. The molecule has 2 rings (SSSR count). The van der Waals surface area contributed by atoms with E-state index in [1.807, 2.05) is 0 Å². The SMILES string of the molecule is CNNc1nc(C)n(-c2ccc(Cl)c(Cl)c2)c(=O)n1. The quantitative estimate of drug-likeness (QED) is 0.846. The van der Waals surface area contributed by atoms with E-state index in [0.717, 1.165) is 0 Å². The number of halogens is 2. The van der Waals surface area contributed by atoms with Gasteiger partial charge in [0.1, 0.15) is 5.82 Å². The predicted molar refractivity (Wildman–Crippen MR) is 75.1 cm³/mol. The molecule has 0 saturated carbocycles. The second-order valence-electron chi connectivity index (χ2n) is 3.69. The maximum Gasteiger partial charge on any atom is 0.356 e. The van der Waals surface area contributed by atoms with Crippen molar-refractivity contribution in [2.45, 2.75) is 6.92 Å². The molecule has 0 aliphatic carbocycles. The molecule has 1 heterocycles. The largest absolute Gasteiger partial charge is 0.356 e. The van der Waals surface area contributed by atoms with E-state index in [1.54, 1.807) is 32.2 Å². The van der Waals surface area contributed by atoms with Crippen LogP contribution in [0.2, 0.25) is 10.0 Å². The number of hydrogen-bond donors (Lipinski definition) is 2. The highest BCUT2D eigenvalue weighted by Crippen LogP contribution is 2.24. The number of nitrogens with one attached hydrogen (secondary N) is 2. The van der Waals surface area contributed by atoms with Gasteiger partial charge in [0.15, 0.2) is 0 Å². The molecule has 0 amide bonds. The van der Waals surface area contributed by atoms with E-state index in [2.05, 4.69) is 20.8 Å². The van der Waals surface area contributed by atoms with Crippen molar-refractivity contribution >= 4 is 29.2 Å². The summed E-state index contributed by atoms with van der Waals surface area (Å²) in [4.78, 5) is 20.0. The summed E-state index contributed by atoms with van der Waals surface area (Å²) in [6.07, 6.45) is 0. The molecule has 100 valence electrons. The van der Waals surface area contributed by atoms with Crippen LogP contribution in [0.5, 0.6) is 0 Å². The predicted octanol–water partition coefficient (Wildman–Crippen LogP) is 1.79. The van der Waals surface area contributed by atoms with E-state index in [9.17, 15) is 4.79 Å². The minimum absolute atomic E-state index is 0.210. The Bertz CT molecular complexity index is 671. The number of aryl methyl sites for hydroxylation is 1. The zero-order valence-electron chi connectivity index (χ0n) is 10.2. The van der Waals surface area contributed by atoms with E-state index in [-0.39, 0.29) is 5.95 Å². The molecule has 2 aromatic rings. The van der Waals surface area contributed by atoms with Crippen LogP contribution in [0.1, 0.15) is 5.82 Å². The highest BCUT2D eigenvalue weighted by molar-refractivity contribution is 6.42. The maximum absolute atomic E-state index is 12.0. The molecule has 1 aromatic carbocycles. The molecular formula is C11H11Cl2N5O. The Morgan fingerprint density at radius 1 is 1.21 bits per heavy atom. The van der Waals surface area contributed by atoms with Crippen molar-refractivity contribution in [1.29, 1.82) is 0 Å². The van der Waals surface area contributed by atoms with Crippen LogP contribution in [0.3, 0.4) is 0 Å². The summed E-state index contributed by atoms with van der Waals surface area (Å²) in [6.45, 7) is 1.70. The minimum Gasteiger partial charge on any atom is -0.290 e. The lowest BCUT2D eigenvalue weighted by atomic mass is 10.3. The highest BCUT2D eigenvalue weighted by atomic mass is 35.5. The fraction of sp³-hybridized carbons (Fsp3) is 0.182. The Balaban J connectivity index is 2.56. The fourth-order valence-corrected chi connectivity index (χ4v) is 1.89. The second kappa shape index (κ2) is 5.56. The molecule has 2 N–H and O–H groups in total. The lowest BCUT2D eigenvalue weighted by molar-refractivity contribution is 0.796. The van der Waals surface area contributed by atoms with Crippen molar-refractivity contribution in [2.24, 2.45) is 0 Å². The monoisotopic (exact) mass is 299 g/mol. The van der Waals surface area contributed by atoms with E-state index >= 15 is 0 Å². The lowest BCUT2D eigenvalue weighted by Gasteiger charge is -2.10. The van der Waals surface area contributed by atoms with Gasteiger partial charge >= 0.3 is 5.69 Å². The first kappa shape index (κ1) is 13.8. The van der Waals surface area contributed by atoms with Gasteiger partial charge in [-0.1, -0.05) is 23.2 Å². The third-order valence-electron chi connectivity index (χ3n) is 2.38. The average molecular weight is 300 g/mol. The minimum atomic E-state index is -0.455. The van der Waals surface area contributed by atoms with E-state index in [4.69, 9.17) is 23.2 Å². The Kier molecular flexibility index (Phi) is 4.04. The van der Waals surface area contributed by atoms with Crippen LogP contribution in [0, 0.1) is 6.92 Å². The van der Waals surface area contributed by atoms with Crippen molar-refractivity contribution in [3.05, 3.63) is 44.6 Å². The topological polar surface area (TPSA) is 71.8 Å². The number of benzene rings is 1. The van der Waals surface area contributed by atoms with Crippen molar-refractivity contribution < 1.29 is 0 Å². The van der Waals surface area contributed by atoms with Crippen molar-refractivity contribution in [2.75, 3.05) is 12.5 Å². The van der Waals surface area contributed by atoms with Gasteiger partial charge in [-0.3, -0.25) is 5.43 Å². The van der Waals surface area contributed by atoms with Crippen molar-refractivity contribution in [3.8, 4) is 5.69 Å². The molecule has 0 radical (unpaired) electrons. The summed E-state index contributed by atoms with van der Waals surface area (Å²) >= 11 is 11.8. The molecule has 0 atom stereocenters. The maximum atomic E-state index is 12.0. The van der Waals surface area contributed by atoms with Crippen LogP contribution in [0.25, 0.3) is 5.69 Å². The van der Waals surface area contributed by atoms with Gasteiger partial charge in [-0.15, -0.1) is 0 Å². The first-order valence-electron chi connectivity index (χ1n) is 5.39. The van der Waals surface area contributed by atoms with E-state index in [0.29, 0.717) is 21.6 Å². The van der Waals surface area contributed by atoms with Crippen LogP contribution >= 0.6 is 23.2 Å². The van der Waals surface area contributed by atoms with Crippen molar-refractivity contribution in [3.63, 3.8) is 0 Å². The van der Waals surface area contributed by atoms with Crippen LogP contribution in [0.15, 0.2) is 23.0 Å². The molecule has 8 heteroatoms. The Labute approximate surface area is 119 Å². The van der Waals surface area contributed by atoms with Crippen LogP contribution in [0.4, 0.5) is 5.95 Å². The lowest BCUT2D eigenvalue weighted by Crippen LogP contribution is -2.28. The Hall–Kier alpha value is -1.63. The second-order valence-corrected chi connectivity index (χ2v) is 4.50. The summed E-state index contributed by atoms with van der Waals surface area (Å²) < 4.78 is 1.35. The number of anilines is 1. The zero-order chi connectivity index (χ0) is 14.0. The number of aromatic nitrogens is 3. The molecule has 0 spiro atoms. The molecule has 0 aliphatic rings. The van der Waals surface area contributed by atoms with Crippen molar-refractivity contribution in [1.82, 2.24) is 20.0 Å². The zero-order valence-corrected chi connectivity index (χ0v) is 11.7. The highest BCUT2D eigenvalue weighted by Gasteiger charge is 2.09. The van der Waals surface area contributed by atoms with Gasteiger partial charge in [0.2, 0.25) is 5.95 Å². The first-order valence-corrected chi connectivity index (χ1v) is 6.14. The molecule has 0 saturated heterocycles. The summed E-state index contributed by atoms with van der Waals surface area (Å²) in [6, 6.07) is 4.88. The fourth-order valence-electron chi connectivity index (χ4n) is 1.60. The average Bonchev–Trinajstić information content (AvgIpc) is 2.33. The summed E-state index contributed by atoms with van der Waals surface area (Å²) in [5, 5.41) is 0.786. The van der Waals surface area contributed by atoms with Gasteiger partial charge in [0, 0.05) is 7.05 Å². The number of hydrogen-bond acceptors (Lipinski definition) is 5. The van der Waals surface area contributed by atoms with Crippen LogP contribution in [-0.2, 0) is 0 Å². The third-order valence-corrected chi connectivity index (χ3v) is 3.12.